The highest BCUT2D eigenvalue weighted by Crippen LogP contribution is 2.28. The fourth-order valence-electron chi connectivity index (χ4n) is 3.17. The van der Waals surface area contributed by atoms with Crippen LogP contribution in [0.25, 0.3) is 0 Å². The largest absolute Gasteiger partial charge is 0.341 e. The molecule has 2 amide bonds. The topological polar surface area (TPSA) is 40.6 Å². The van der Waals surface area contributed by atoms with Crippen molar-refractivity contribution in [2.75, 3.05) is 32.4 Å². The van der Waals surface area contributed by atoms with E-state index >= 15 is 0 Å². The van der Waals surface area contributed by atoms with Gasteiger partial charge in [-0.15, -0.1) is 11.8 Å². The molecule has 4 nitrogen and oxygen atoms in total. The molecule has 0 spiro atoms. The molecule has 2 aliphatic rings. The van der Waals surface area contributed by atoms with Gasteiger partial charge in [-0.2, -0.15) is 0 Å². The van der Waals surface area contributed by atoms with Gasteiger partial charge in [0.2, 0.25) is 5.91 Å². The lowest BCUT2D eigenvalue weighted by Crippen LogP contribution is -2.41. The van der Waals surface area contributed by atoms with Crippen molar-refractivity contribution >= 4 is 23.6 Å². The summed E-state index contributed by atoms with van der Waals surface area (Å²) in [5, 5.41) is 0. The van der Waals surface area contributed by atoms with E-state index in [1.807, 2.05) is 40.3 Å². The summed E-state index contributed by atoms with van der Waals surface area (Å²) in [6.45, 7) is 2.83. The number of hydrogen-bond acceptors (Lipinski definition) is 3. The first-order valence-electron chi connectivity index (χ1n) is 8.41. The molecule has 0 atom stereocenters. The lowest BCUT2D eigenvalue weighted by atomic mass is 9.84. The van der Waals surface area contributed by atoms with Crippen LogP contribution in [0.4, 0.5) is 0 Å². The predicted molar refractivity (Wildman–Crippen MR) is 92.7 cm³/mol. The average Bonchev–Trinajstić information content (AvgIpc) is 2.78. The van der Waals surface area contributed by atoms with E-state index in [2.05, 4.69) is 0 Å². The first-order valence-corrected chi connectivity index (χ1v) is 9.63. The summed E-state index contributed by atoms with van der Waals surface area (Å²) in [6, 6.07) is 7.77. The Morgan fingerprint density at radius 2 is 1.61 bits per heavy atom. The van der Waals surface area contributed by atoms with Crippen molar-refractivity contribution in [1.29, 1.82) is 0 Å². The van der Waals surface area contributed by atoms with Crippen LogP contribution >= 0.6 is 11.8 Å². The number of amides is 2. The second-order valence-corrected chi connectivity index (χ2v) is 7.21. The van der Waals surface area contributed by atoms with E-state index in [0.29, 0.717) is 19.0 Å². The van der Waals surface area contributed by atoms with Crippen LogP contribution < -0.4 is 0 Å². The maximum atomic E-state index is 12.6. The molecule has 0 bridgehead atoms. The number of hydrogen-bond donors (Lipinski definition) is 0. The number of carbonyl (C=O) groups is 2. The molecule has 1 saturated carbocycles. The molecule has 3 rings (SSSR count). The van der Waals surface area contributed by atoms with Crippen molar-refractivity contribution in [3.05, 3.63) is 29.8 Å². The van der Waals surface area contributed by atoms with Gasteiger partial charge in [0.15, 0.2) is 0 Å². The van der Waals surface area contributed by atoms with Gasteiger partial charge in [-0.25, -0.2) is 0 Å². The fourth-order valence-corrected chi connectivity index (χ4v) is 3.58. The highest BCUT2D eigenvalue weighted by molar-refractivity contribution is 7.98. The highest BCUT2D eigenvalue weighted by Gasteiger charge is 2.31. The Balaban J connectivity index is 1.60. The summed E-state index contributed by atoms with van der Waals surface area (Å²) in [4.78, 5) is 30.0. The van der Waals surface area contributed by atoms with Gasteiger partial charge in [0.1, 0.15) is 0 Å². The summed E-state index contributed by atoms with van der Waals surface area (Å²) < 4.78 is 0. The maximum absolute atomic E-state index is 12.6. The second kappa shape index (κ2) is 7.39. The molecule has 1 heterocycles. The van der Waals surface area contributed by atoms with Gasteiger partial charge in [-0.05, 0) is 49.8 Å². The van der Waals surface area contributed by atoms with Gasteiger partial charge >= 0.3 is 0 Å². The first-order chi connectivity index (χ1) is 11.2. The van der Waals surface area contributed by atoms with Gasteiger partial charge in [-0.1, -0.05) is 6.42 Å². The third-order valence-corrected chi connectivity index (χ3v) is 5.63. The van der Waals surface area contributed by atoms with Crippen LogP contribution in [0, 0.1) is 5.92 Å². The molecule has 0 aromatic heterocycles. The Morgan fingerprint density at radius 3 is 2.22 bits per heavy atom. The highest BCUT2D eigenvalue weighted by atomic mass is 32.2. The quantitative estimate of drug-likeness (QED) is 0.799. The average molecular weight is 332 g/mol. The van der Waals surface area contributed by atoms with Crippen LogP contribution in [0.15, 0.2) is 29.2 Å². The van der Waals surface area contributed by atoms with E-state index in [1.54, 1.807) is 11.8 Å². The lowest BCUT2D eigenvalue weighted by molar-refractivity contribution is -0.138. The van der Waals surface area contributed by atoms with Crippen molar-refractivity contribution in [1.82, 2.24) is 9.80 Å². The van der Waals surface area contributed by atoms with E-state index in [9.17, 15) is 9.59 Å². The minimum absolute atomic E-state index is 0.0793. The smallest absolute Gasteiger partial charge is 0.253 e. The fraction of sp³-hybridized carbons (Fsp3) is 0.556. The number of thioether (sulfide) groups is 1. The molecule has 1 saturated heterocycles. The van der Waals surface area contributed by atoms with Crippen LogP contribution in [-0.2, 0) is 4.79 Å². The van der Waals surface area contributed by atoms with Gasteiger partial charge in [-0.3, -0.25) is 9.59 Å². The van der Waals surface area contributed by atoms with Crippen LogP contribution in [0.3, 0.4) is 0 Å². The van der Waals surface area contributed by atoms with Crippen LogP contribution in [0.5, 0.6) is 0 Å². The lowest BCUT2D eigenvalue weighted by Gasteiger charge is -2.31. The molecule has 5 heteroatoms. The molecule has 1 aliphatic heterocycles. The van der Waals surface area contributed by atoms with Crippen LogP contribution in [0.1, 0.15) is 36.0 Å². The summed E-state index contributed by atoms with van der Waals surface area (Å²) >= 11 is 1.67. The van der Waals surface area contributed by atoms with Crippen LogP contribution in [0.2, 0.25) is 0 Å². The molecule has 1 aromatic rings. The summed E-state index contributed by atoms with van der Waals surface area (Å²) in [5.74, 6) is 0.627. The number of nitrogens with zero attached hydrogens (tertiary/aromatic N) is 2. The Morgan fingerprint density at radius 1 is 0.957 bits per heavy atom. The van der Waals surface area contributed by atoms with E-state index in [-0.39, 0.29) is 11.8 Å². The first kappa shape index (κ1) is 16.4. The maximum Gasteiger partial charge on any atom is 0.253 e. The Labute approximate surface area is 142 Å². The Hall–Kier alpha value is -1.49. The summed E-state index contributed by atoms with van der Waals surface area (Å²) in [6.07, 6.45) is 6.16. The molecule has 0 N–H and O–H groups in total. The standard InChI is InChI=1S/C18H24N2O2S/c1-23-16-8-6-15(7-9-16)18(22)20-11-3-10-19(12-13-20)17(21)14-4-2-5-14/h6-9,14H,2-5,10-13H2,1H3. The van der Waals surface area contributed by atoms with Crippen LogP contribution in [-0.4, -0.2) is 54.0 Å². The van der Waals surface area contributed by atoms with Gasteiger partial charge in [0, 0.05) is 42.6 Å². The predicted octanol–water partition coefficient (Wildman–Crippen LogP) is 2.88. The summed E-state index contributed by atoms with van der Waals surface area (Å²) in [5.41, 5.74) is 0.738. The molecule has 1 aliphatic carbocycles. The van der Waals surface area contributed by atoms with E-state index in [4.69, 9.17) is 0 Å². The van der Waals surface area contributed by atoms with Crippen molar-refractivity contribution in [2.45, 2.75) is 30.6 Å². The van der Waals surface area contributed by atoms with Gasteiger partial charge in [0.25, 0.3) is 5.91 Å². The van der Waals surface area contributed by atoms with Gasteiger partial charge in [0.05, 0.1) is 0 Å². The van der Waals surface area contributed by atoms with Gasteiger partial charge < -0.3 is 9.80 Å². The zero-order valence-corrected chi connectivity index (χ0v) is 14.5. The molecular weight excluding hydrogens is 308 g/mol. The summed E-state index contributed by atoms with van der Waals surface area (Å²) in [7, 11) is 0. The second-order valence-electron chi connectivity index (χ2n) is 6.33. The third-order valence-electron chi connectivity index (χ3n) is 4.89. The molecule has 23 heavy (non-hydrogen) atoms. The zero-order chi connectivity index (χ0) is 16.2. The molecule has 0 radical (unpaired) electrons. The van der Waals surface area contributed by atoms with E-state index < -0.39 is 0 Å². The molecule has 2 fully saturated rings. The minimum Gasteiger partial charge on any atom is -0.341 e. The number of carbonyl (C=O) groups excluding carboxylic acids is 2. The zero-order valence-electron chi connectivity index (χ0n) is 13.7. The van der Waals surface area contributed by atoms with E-state index in [0.717, 1.165) is 42.8 Å². The Kier molecular flexibility index (Phi) is 5.26. The SMILES string of the molecule is CSc1ccc(C(=O)N2CCCN(C(=O)C3CCC3)CC2)cc1. The molecule has 124 valence electrons. The minimum atomic E-state index is 0.0793. The van der Waals surface area contributed by atoms with Crippen molar-refractivity contribution < 1.29 is 9.59 Å². The number of benzene rings is 1. The van der Waals surface area contributed by atoms with Crippen molar-refractivity contribution in [2.24, 2.45) is 5.92 Å². The number of rotatable bonds is 3. The third kappa shape index (κ3) is 3.71. The normalized spacial score (nSPS) is 19.2. The molecular formula is C18H24N2O2S. The monoisotopic (exact) mass is 332 g/mol. The molecule has 0 unspecified atom stereocenters. The Bertz CT molecular complexity index is 569. The van der Waals surface area contributed by atoms with Crippen molar-refractivity contribution in [3.8, 4) is 0 Å². The van der Waals surface area contributed by atoms with E-state index in [1.165, 1.54) is 6.42 Å². The van der Waals surface area contributed by atoms with Crippen molar-refractivity contribution in [3.63, 3.8) is 0 Å². The molecule has 1 aromatic carbocycles.